The van der Waals surface area contributed by atoms with Gasteiger partial charge in [-0.2, -0.15) is 8.42 Å². The van der Waals surface area contributed by atoms with E-state index in [1.165, 1.54) is 0 Å². The maximum Gasteiger partial charge on any atom is 0.397 e. The average Bonchev–Trinajstić information content (AvgIpc) is 2.89. The minimum atomic E-state index is -4.73. The predicted octanol–water partition coefficient (Wildman–Crippen LogP) is -2.73. The monoisotopic (exact) mass is 406 g/mol. The van der Waals surface area contributed by atoms with Crippen LogP contribution < -0.4 is 4.90 Å². The third-order valence-electron chi connectivity index (χ3n) is 4.90. The Bertz CT molecular complexity index is 716. The average molecular weight is 406 g/mol. The van der Waals surface area contributed by atoms with Crippen LogP contribution in [0.2, 0.25) is 0 Å². The summed E-state index contributed by atoms with van der Waals surface area (Å²) < 4.78 is 47.4. The van der Waals surface area contributed by atoms with Crippen LogP contribution in [0.3, 0.4) is 0 Å². The van der Waals surface area contributed by atoms with Crippen LogP contribution in [0, 0.1) is 0 Å². The molecule has 1 aromatic rings. The number of benzene rings is 1. The summed E-state index contributed by atoms with van der Waals surface area (Å²) in [6.07, 6.45) is -4.81. The summed E-state index contributed by atoms with van der Waals surface area (Å²) in [6.45, 7) is -0.219. The zero-order valence-corrected chi connectivity index (χ0v) is 15.2. The lowest BCUT2D eigenvalue weighted by atomic mass is 10.1. The van der Waals surface area contributed by atoms with Crippen LogP contribution in [0.1, 0.15) is 11.9 Å². The number of aliphatic hydroxyl groups is 3. The molecule has 0 radical (unpaired) electrons. The fourth-order valence-electron chi connectivity index (χ4n) is 3.57. The number of hydrogen-bond acceptors (Lipinski definition) is 8. The third-order valence-corrected chi connectivity index (χ3v) is 5.39. The van der Waals surface area contributed by atoms with Crippen LogP contribution in [-0.4, -0.2) is 85.1 Å². The molecular weight excluding hydrogens is 382 g/mol. The second-order valence-electron chi connectivity index (χ2n) is 6.73. The molecule has 2 aliphatic rings. The molecule has 2 aliphatic heterocycles. The molecule has 1 aromatic carbocycles. The molecule has 5 N–H and O–H groups in total. The van der Waals surface area contributed by atoms with Gasteiger partial charge < -0.3 is 29.7 Å². The zero-order valence-electron chi connectivity index (χ0n) is 14.4. The Labute approximate surface area is 156 Å². The highest BCUT2D eigenvalue weighted by Gasteiger charge is 2.47. The molecule has 2 fully saturated rings. The number of aliphatic hydroxyl groups excluding tert-OH is 3. The van der Waals surface area contributed by atoms with Crippen molar-refractivity contribution in [2.24, 2.45) is 0 Å². The Morgan fingerprint density at radius 3 is 2.56 bits per heavy atom. The third kappa shape index (κ3) is 5.02. The molecule has 10 nitrogen and oxygen atoms in total. The molecule has 152 valence electrons. The first-order valence-electron chi connectivity index (χ1n) is 8.57. The van der Waals surface area contributed by atoms with Crippen molar-refractivity contribution in [1.29, 1.82) is 0 Å². The van der Waals surface area contributed by atoms with Crippen molar-refractivity contribution in [2.45, 2.75) is 36.7 Å². The molecule has 11 heteroatoms. The van der Waals surface area contributed by atoms with E-state index in [2.05, 4.69) is 4.18 Å². The molecule has 0 aliphatic carbocycles. The van der Waals surface area contributed by atoms with Crippen molar-refractivity contribution in [1.82, 2.24) is 0 Å². The molecular formula is C16H24NO9S+. The first-order chi connectivity index (χ1) is 12.8. The lowest BCUT2D eigenvalue weighted by Gasteiger charge is -2.37. The normalized spacial score (nSPS) is 37.4. The number of nitrogens with one attached hydrogen (secondary N) is 1. The number of hydrogen-bond donors (Lipinski definition) is 5. The second-order valence-corrected chi connectivity index (χ2v) is 7.77. The summed E-state index contributed by atoms with van der Waals surface area (Å²) in [5, 5.41) is 29.4. The quantitative estimate of drug-likeness (QED) is 0.318. The van der Waals surface area contributed by atoms with Crippen molar-refractivity contribution in [3.63, 3.8) is 0 Å². The fraction of sp³-hybridized carbons (Fsp3) is 0.625. The van der Waals surface area contributed by atoms with Crippen molar-refractivity contribution in [3.05, 3.63) is 35.9 Å². The summed E-state index contributed by atoms with van der Waals surface area (Å²) in [4.78, 5) is 0.639. The van der Waals surface area contributed by atoms with Gasteiger partial charge in [-0.1, -0.05) is 30.3 Å². The van der Waals surface area contributed by atoms with Crippen LogP contribution in [0.5, 0.6) is 0 Å². The molecule has 2 saturated heterocycles. The molecule has 27 heavy (non-hydrogen) atoms. The van der Waals surface area contributed by atoms with Gasteiger partial charge in [0.1, 0.15) is 43.5 Å². The van der Waals surface area contributed by atoms with Gasteiger partial charge in [0, 0.05) is 5.56 Å². The van der Waals surface area contributed by atoms with E-state index in [-0.39, 0.29) is 26.3 Å². The van der Waals surface area contributed by atoms with Crippen LogP contribution in [0.4, 0.5) is 0 Å². The van der Waals surface area contributed by atoms with E-state index in [0.29, 0.717) is 4.90 Å². The smallest absolute Gasteiger partial charge is 0.390 e. The maximum atomic E-state index is 11.2. The molecule has 0 spiro atoms. The van der Waals surface area contributed by atoms with Gasteiger partial charge in [0.05, 0.1) is 13.2 Å². The summed E-state index contributed by atoms with van der Waals surface area (Å²) >= 11 is 0. The topological polar surface area (TPSA) is 147 Å². The summed E-state index contributed by atoms with van der Waals surface area (Å²) in [7, 11) is -4.73. The van der Waals surface area contributed by atoms with E-state index in [0.717, 1.165) is 5.56 Å². The Morgan fingerprint density at radius 2 is 1.93 bits per heavy atom. The Kier molecular flexibility index (Phi) is 6.46. The van der Waals surface area contributed by atoms with Crippen molar-refractivity contribution >= 4 is 10.4 Å². The number of quaternary nitrogens is 1. The van der Waals surface area contributed by atoms with Crippen LogP contribution in [0.15, 0.2) is 30.3 Å². The summed E-state index contributed by atoms with van der Waals surface area (Å²) in [5.74, 6) is 0. The zero-order chi connectivity index (χ0) is 19.6. The number of rotatable bonds is 6. The Hall–Kier alpha value is -1.15. The van der Waals surface area contributed by atoms with E-state index in [1.54, 1.807) is 24.3 Å². The van der Waals surface area contributed by atoms with Gasteiger partial charge in [0.25, 0.3) is 0 Å². The number of likely N-dealkylation sites (tertiary alicyclic amines) is 1. The van der Waals surface area contributed by atoms with Crippen molar-refractivity contribution in [2.75, 3.05) is 26.3 Å². The summed E-state index contributed by atoms with van der Waals surface area (Å²) in [6, 6.07) is 8.37. The standard InChI is InChI=1S/C16H23NO9S/c18-8-11-15(20)12(19)6-17(11)7-13-14(26-27(21,22)23)9-24-16(25-13)10-4-2-1-3-5-10/h1-5,11-16,18-20H,6-9H2,(H,21,22,23)/p+1/t11-,12-,13-,14+,15-,16?/m0/s1. The molecule has 0 bridgehead atoms. The van der Waals surface area contributed by atoms with E-state index in [1.807, 2.05) is 6.07 Å². The minimum Gasteiger partial charge on any atom is -0.390 e. The SMILES string of the molecule is O=S(=O)(O)O[C@@H]1COC(c2ccccc2)O[C@H]1C[NH+]1C[C@H](O)[C@@H](O)[C@@H]1CO. The highest BCUT2D eigenvalue weighted by atomic mass is 32.3. The van der Waals surface area contributed by atoms with Gasteiger partial charge in [0.15, 0.2) is 6.29 Å². The van der Waals surface area contributed by atoms with Gasteiger partial charge in [-0.05, 0) is 0 Å². The highest BCUT2D eigenvalue weighted by molar-refractivity contribution is 7.80. The number of ether oxygens (including phenoxy) is 2. The van der Waals surface area contributed by atoms with E-state index >= 15 is 0 Å². The molecule has 7 atom stereocenters. The van der Waals surface area contributed by atoms with Crippen molar-refractivity contribution in [3.8, 4) is 0 Å². The lowest BCUT2D eigenvalue weighted by molar-refractivity contribution is -0.919. The van der Waals surface area contributed by atoms with Gasteiger partial charge >= 0.3 is 10.4 Å². The van der Waals surface area contributed by atoms with Gasteiger partial charge in [-0.3, -0.25) is 4.55 Å². The molecule has 0 aromatic heterocycles. The van der Waals surface area contributed by atoms with Crippen LogP contribution in [-0.2, 0) is 24.1 Å². The Balaban J connectivity index is 1.77. The second kappa shape index (κ2) is 8.47. The van der Waals surface area contributed by atoms with E-state index in [4.69, 9.17) is 14.0 Å². The first-order valence-corrected chi connectivity index (χ1v) is 9.94. The largest absolute Gasteiger partial charge is 0.397 e. The van der Waals surface area contributed by atoms with Crippen LogP contribution in [0.25, 0.3) is 0 Å². The van der Waals surface area contributed by atoms with Crippen LogP contribution >= 0.6 is 0 Å². The van der Waals surface area contributed by atoms with Crippen molar-refractivity contribution < 1.29 is 46.8 Å². The Morgan fingerprint density at radius 1 is 1.22 bits per heavy atom. The summed E-state index contributed by atoms with van der Waals surface area (Å²) in [5.41, 5.74) is 0.725. The minimum absolute atomic E-state index is 0.131. The van der Waals surface area contributed by atoms with Gasteiger partial charge in [0.2, 0.25) is 0 Å². The highest BCUT2D eigenvalue weighted by Crippen LogP contribution is 2.28. The predicted molar refractivity (Wildman–Crippen MR) is 90.0 cm³/mol. The molecule has 2 unspecified atom stereocenters. The molecule has 0 amide bonds. The first kappa shape index (κ1) is 20.6. The van der Waals surface area contributed by atoms with Gasteiger partial charge in [-0.25, -0.2) is 4.18 Å². The fourth-order valence-corrected chi connectivity index (χ4v) is 4.06. The molecule has 2 heterocycles. The molecule has 0 saturated carbocycles. The maximum absolute atomic E-state index is 11.2. The van der Waals surface area contributed by atoms with Gasteiger partial charge in [-0.15, -0.1) is 0 Å². The van der Waals surface area contributed by atoms with E-state index in [9.17, 15) is 23.7 Å². The lowest BCUT2D eigenvalue weighted by Crippen LogP contribution is -3.16. The molecule has 3 rings (SSSR count). The van der Waals surface area contributed by atoms with E-state index < -0.39 is 47.1 Å².